The maximum absolute atomic E-state index is 15.1. The molecule has 2 aromatic heterocycles. The zero-order valence-corrected chi connectivity index (χ0v) is 50.1. The fraction of sp³-hybridized carbons (Fsp3) is 0.406. The molecule has 4 aromatic carbocycles. The molecule has 6 aromatic rings. The zero-order chi connectivity index (χ0) is 62.1. The summed E-state index contributed by atoms with van der Waals surface area (Å²) >= 11 is 3.06. The summed E-state index contributed by atoms with van der Waals surface area (Å²) in [7, 11) is 2.28. The largest absolute Gasteiger partial charge is 0.510 e. The van der Waals surface area contributed by atoms with E-state index in [9.17, 15) is 37.5 Å². The maximum Gasteiger partial charge on any atom is 0.510 e. The lowest BCUT2D eigenvalue weighted by Crippen LogP contribution is -2.70. The summed E-state index contributed by atoms with van der Waals surface area (Å²) < 4.78 is 106. The Balaban J connectivity index is 0.000000150. The van der Waals surface area contributed by atoms with Crippen LogP contribution in [0, 0.1) is 35.1 Å². The molecule has 6 fully saturated rings. The molecule has 0 saturated carbocycles. The number of nitrogens with zero attached hydrogens (tertiary/aromatic N) is 6. The minimum Gasteiger partial charge on any atom is -0.451 e. The van der Waals surface area contributed by atoms with Crippen molar-refractivity contribution in [3.63, 3.8) is 0 Å². The Morgan fingerprint density at radius 2 is 0.967 bits per heavy atom. The fourth-order valence-electron chi connectivity index (χ4n) is 15.9. The van der Waals surface area contributed by atoms with Crippen LogP contribution < -0.4 is 30.3 Å². The van der Waals surface area contributed by atoms with Gasteiger partial charge in [-0.1, -0.05) is 36.4 Å². The summed E-state index contributed by atoms with van der Waals surface area (Å²) in [4.78, 5) is 83.9. The molecule has 16 rings (SSSR count). The van der Waals surface area contributed by atoms with Crippen LogP contribution in [-0.4, -0.2) is 120 Å². The van der Waals surface area contributed by atoms with Gasteiger partial charge in [-0.2, -0.15) is 0 Å². The number of hydrogen-bond donors (Lipinski definition) is 0. The minimum atomic E-state index is -1.01. The SMILES string of the molecule is COC(=O)OCOc1c2n(ccc1=O)N([C@@H]1c3cc(F)c(F)cc3CSc3ccccc31)[C@@H]1[C@H]3C[C@@H]4CC[C@@]3(CCN1C2=O)O4.COC(=O)OCOc1c2n(ccc1=O)N([C@H]1c3cc(F)c(F)cc3CSc3ccccc31)[C@@H]1[C@H]3C[C@@H]4CC[C@@]3(CCN1C2=O)O4. The Morgan fingerprint density at radius 3 is 1.38 bits per heavy atom. The molecule has 0 unspecified atom stereocenters. The summed E-state index contributed by atoms with van der Waals surface area (Å²) in [5.74, 6) is -4.55. The number of aromatic nitrogens is 2. The lowest BCUT2D eigenvalue weighted by atomic mass is 9.71. The number of halogens is 4. The first-order chi connectivity index (χ1) is 43.6. The molecule has 0 N–H and O–H groups in total. The van der Waals surface area contributed by atoms with Crippen LogP contribution in [-0.2, 0) is 39.9 Å². The predicted molar refractivity (Wildman–Crippen MR) is 313 cm³/mol. The monoisotopic (exact) mass is 1270 g/mol. The summed E-state index contributed by atoms with van der Waals surface area (Å²) in [5, 5.41) is 4.03. The van der Waals surface area contributed by atoms with Gasteiger partial charge in [0.2, 0.25) is 35.9 Å². The van der Waals surface area contributed by atoms with Gasteiger partial charge < -0.3 is 47.7 Å². The van der Waals surface area contributed by atoms with Crippen molar-refractivity contribution in [2.24, 2.45) is 11.8 Å². The number of fused-ring (bicyclic) bond motifs is 12. The van der Waals surface area contributed by atoms with E-state index in [1.807, 2.05) is 58.5 Å². The molecule has 10 atom stereocenters. The van der Waals surface area contributed by atoms with E-state index in [0.29, 0.717) is 59.7 Å². The van der Waals surface area contributed by atoms with Crippen molar-refractivity contribution in [2.45, 2.75) is 120 Å². The van der Waals surface area contributed by atoms with Crippen molar-refractivity contribution in [1.29, 1.82) is 0 Å². The third kappa shape index (κ3) is 9.22. The summed E-state index contributed by atoms with van der Waals surface area (Å²) in [5.41, 5.74) is 2.00. The van der Waals surface area contributed by atoms with Crippen molar-refractivity contribution in [1.82, 2.24) is 19.2 Å². The third-order valence-electron chi connectivity index (χ3n) is 19.7. The van der Waals surface area contributed by atoms with Crippen molar-refractivity contribution in [2.75, 3.05) is 50.9 Å². The van der Waals surface area contributed by atoms with Crippen LogP contribution in [0.1, 0.15) is 118 Å². The average molecular weight is 1280 g/mol. The first kappa shape index (κ1) is 58.2. The van der Waals surface area contributed by atoms with E-state index in [2.05, 4.69) is 9.47 Å². The van der Waals surface area contributed by atoms with Gasteiger partial charge in [-0.3, -0.25) is 38.5 Å². The highest BCUT2D eigenvalue weighted by Crippen LogP contribution is 2.59. The topological polar surface area (TPSA) is 199 Å². The summed E-state index contributed by atoms with van der Waals surface area (Å²) in [6.07, 6.45) is 6.52. The molecule has 0 aliphatic carbocycles. The quantitative estimate of drug-likeness (QED) is 0.0792. The first-order valence-corrected chi connectivity index (χ1v) is 31.7. The van der Waals surface area contributed by atoms with Gasteiger partial charge >= 0.3 is 12.3 Å². The van der Waals surface area contributed by atoms with Gasteiger partial charge in [0.1, 0.15) is 12.3 Å². The van der Waals surface area contributed by atoms with E-state index in [4.69, 9.17) is 28.4 Å². The molecule has 2 spiro atoms. The molecule has 20 nitrogen and oxygen atoms in total. The summed E-state index contributed by atoms with van der Waals surface area (Å²) in [6.45, 7) is -0.601. The Labute approximate surface area is 519 Å². The van der Waals surface area contributed by atoms with Crippen LogP contribution in [0.25, 0.3) is 0 Å². The van der Waals surface area contributed by atoms with Crippen LogP contribution in [0.4, 0.5) is 27.2 Å². The summed E-state index contributed by atoms with van der Waals surface area (Å²) in [6, 6.07) is 21.7. The molecule has 90 heavy (non-hydrogen) atoms. The molecule has 4 bridgehead atoms. The van der Waals surface area contributed by atoms with E-state index in [0.717, 1.165) is 73.7 Å². The molecule has 10 aliphatic heterocycles. The van der Waals surface area contributed by atoms with Crippen LogP contribution in [0.2, 0.25) is 0 Å². The van der Waals surface area contributed by atoms with E-state index < -0.39 is 107 Å². The number of thioether (sulfide) groups is 2. The fourth-order valence-corrected chi connectivity index (χ4v) is 18.1. The number of methoxy groups -OCH3 is 2. The number of benzene rings is 4. The Hall–Kier alpha value is -8.20. The maximum atomic E-state index is 15.1. The van der Waals surface area contributed by atoms with Crippen molar-refractivity contribution >= 4 is 47.6 Å². The predicted octanol–water partition coefficient (Wildman–Crippen LogP) is 9.40. The third-order valence-corrected chi connectivity index (χ3v) is 22.0. The number of pyridine rings is 2. The van der Waals surface area contributed by atoms with Crippen molar-refractivity contribution < 1.29 is 74.6 Å². The molecule has 26 heteroatoms. The molecular weight excluding hydrogens is 1220 g/mol. The van der Waals surface area contributed by atoms with E-state index in [-0.39, 0.29) is 46.9 Å². The number of carbonyl (C=O) groups excluding carboxylic acids is 4. The highest BCUT2D eigenvalue weighted by molar-refractivity contribution is 7.98. The molecule has 2 amide bonds. The second-order valence-electron chi connectivity index (χ2n) is 24.0. The second-order valence-corrected chi connectivity index (χ2v) is 26.0. The second kappa shape index (κ2) is 22.3. The molecule has 10 aliphatic rings. The molecule has 468 valence electrons. The Kier molecular flexibility index (Phi) is 14.4. The van der Waals surface area contributed by atoms with Crippen LogP contribution >= 0.6 is 23.5 Å². The zero-order valence-electron chi connectivity index (χ0n) is 48.5. The highest BCUT2D eigenvalue weighted by Gasteiger charge is 2.65. The van der Waals surface area contributed by atoms with E-state index >= 15 is 8.78 Å². The number of carbonyl (C=O) groups is 4. The minimum absolute atomic E-state index is 0.0502. The lowest BCUT2D eigenvalue weighted by Gasteiger charge is -2.57. The molecular formula is C64H58F4N6O14S2. The first-order valence-electron chi connectivity index (χ1n) is 29.7. The van der Waals surface area contributed by atoms with Crippen molar-refractivity contribution in [3.05, 3.63) is 186 Å². The van der Waals surface area contributed by atoms with E-state index in [1.165, 1.54) is 72.3 Å². The van der Waals surface area contributed by atoms with Gasteiger partial charge in [0, 0.05) is 70.7 Å². The molecule has 12 heterocycles. The van der Waals surface area contributed by atoms with Gasteiger partial charge in [0.25, 0.3) is 11.8 Å². The van der Waals surface area contributed by atoms with Gasteiger partial charge in [-0.15, -0.1) is 23.5 Å². The van der Waals surface area contributed by atoms with Gasteiger partial charge in [0.15, 0.2) is 34.7 Å². The normalized spacial score (nSPS) is 27.5. The van der Waals surface area contributed by atoms with Crippen LogP contribution in [0.15, 0.2) is 117 Å². The molecule has 0 radical (unpaired) electrons. The number of amides is 2. The van der Waals surface area contributed by atoms with Crippen molar-refractivity contribution in [3.8, 4) is 11.5 Å². The number of ether oxygens (including phenoxy) is 8. The van der Waals surface area contributed by atoms with E-state index in [1.54, 1.807) is 19.2 Å². The standard InChI is InChI=1S/2C32H29F2N3O7S/c2*1-41-31(40)43-16-42-28-24(38)7-10-36-27(28)30(39)35-11-9-32-8-6-18(44-32)13-21(32)29(35)37(36)26-19-4-2-3-5-25(19)45-15-17-12-22(33)23(34)14-20(17)26/h2*2-5,7,10,12,14,18,21,26,29H,6,8-9,11,13,15-16H2,1H3/t18-,21+,26+,29+,32-;18-,21+,26-,29+,32-/m00/s1. The highest BCUT2D eigenvalue weighted by atomic mass is 32.2. The number of hydrogen-bond acceptors (Lipinski definition) is 18. The van der Waals surface area contributed by atoms with Gasteiger partial charge in [-0.05, 0) is 121 Å². The van der Waals surface area contributed by atoms with Crippen LogP contribution in [0.3, 0.4) is 0 Å². The Bertz CT molecular complexity index is 3860. The molecule has 6 saturated heterocycles. The Morgan fingerprint density at radius 1 is 0.556 bits per heavy atom. The number of piperidine rings is 2. The number of rotatable bonds is 8. The van der Waals surface area contributed by atoms with Crippen LogP contribution in [0.5, 0.6) is 11.5 Å². The van der Waals surface area contributed by atoms with Gasteiger partial charge in [0.05, 0.1) is 49.7 Å². The average Bonchev–Trinajstić information content (AvgIpc) is 0.897. The van der Waals surface area contributed by atoms with Gasteiger partial charge in [-0.25, -0.2) is 27.2 Å². The smallest absolute Gasteiger partial charge is 0.451 e. The lowest BCUT2D eigenvalue weighted by molar-refractivity contribution is -0.0762.